The summed E-state index contributed by atoms with van der Waals surface area (Å²) in [4.78, 5) is 0. The summed E-state index contributed by atoms with van der Waals surface area (Å²) in [7, 11) is 0. The van der Waals surface area contributed by atoms with E-state index in [0.29, 0.717) is 5.92 Å². The van der Waals surface area contributed by atoms with Gasteiger partial charge >= 0.3 is 0 Å². The predicted octanol–water partition coefficient (Wildman–Crippen LogP) is 6.27. The van der Waals surface area contributed by atoms with E-state index >= 15 is 0 Å². The zero-order chi connectivity index (χ0) is 14.0. The minimum absolute atomic E-state index is 0.616. The van der Waals surface area contributed by atoms with Crippen LogP contribution in [-0.2, 0) is 0 Å². The second-order valence-corrected chi connectivity index (χ2v) is 5.43. The molecule has 1 atom stereocenters. The summed E-state index contributed by atoms with van der Waals surface area (Å²) >= 11 is 0. The monoisotopic (exact) mass is 247 g/mol. The topological polar surface area (TPSA) is 0 Å². The molecule has 103 valence electrons. The van der Waals surface area contributed by atoms with Gasteiger partial charge in [0.15, 0.2) is 0 Å². The van der Waals surface area contributed by atoms with Crippen molar-refractivity contribution in [1.29, 1.82) is 0 Å². The first-order valence-electron chi connectivity index (χ1n) is 7.23. The Balaban J connectivity index is 4.37. The van der Waals surface area contributed by atoms with Crippen molar-refractivity contribution in [2.24, 2.45) is 5.92 Å². The molecular weight excluding hydrogens is 216 g/mol. The summed E-state index contributed by atoms with van der Waals surface area (Å²) < 4.78 is 0. The highest BCUT2D eigenvalue weighted by atomic mass is 14.2. The zero-order valence-electron chi connectivity index (χ0n) is 13.2. The van der Waals surface area contributed by atoms with Crippen LogP contribution in [0.1, 0.15) is 67.2 Å². The van der Waals surface area contributed by atoms with Crippen LogP contribution in [0.4, 0.5) is 0 Å². The van der Waals surface area contributed by atoms with Gasteiger partial charge in [0.05, 0.1) is 0 Å². The van der Waals surface area contributed by atoms with Crippen molar-refractivity contribution >= 4 is 0 Å². The second kappa shape index (κ2) is 10.2. The van der Waals surface area contributed by atoms with E-state index < -0.39 is 0 Å². The molecule has 1 unspecified atom stereocenters. The Morgan fingerprint density at radius 1 is 1.00 bits per heavy atom. The molecule has 18 heavy (non-hydrogen) atoms. The molecule has 0 heteroatoms. The molecule has 0 saturated carbocycles. The largest absolute Gasteiger partial charge is 0.0914 e. The summed E-state index contributed by atoms with van der Waals surface area (Å²) in [6.45, 7) is 13.2. The molecule has 0 aliphatic carbocycles. The van der Waals surface area contributed by atoms with E-state index in [1.54, 1.807) is 5.92 Å². The average Bonchev–Trinajstić information content (AvgIpc) is 2.32. The number of hydrogen-bond acceptors (Lipinski definition) is 0. The summed E-state index contributed by atoms with van der Waals surface area (Å²) in [5.41, 5.74) is 2.93. The van der Waals surface area contributed by atoms with E-state index in [4.69, 9.17) is 0 Å². The molecular formula is C18H31. The second-order valence-electron chi connectivity index (χ2n) is 5.43. The van der Waals surface area contributed by atoms with Crippen LogP contribution in [0.3, 0.4) is 0 Å². The van der Waals surface area contributed by atoms with Crippen LogP contribution >= 0.6 is 0 Å². The van der Waals surface area contributed by atoms with Gasteiger partial charge in [-0.25, -0.2) is 0 Å². The van der Waals surface area contributed by atoms with Gasteiger partial charge < -0.3 is 0 Å². The Kier molecular flexibility index (Phi) is 9.73. The van der Waals surface area contributed by atoms with Crippen LogP contribution in [0.15, 0.2) is 35.5 Å². The maximum Gasteiger partial charge on any atom is -0.0169 e. The smallest absolute Gasteiger partial charge is 0.0169 e. The van der Waals surface area contributed by atoms with Crippen LogP contribution in [0.2, 0.25) is 0 Å². The maximum absolute atomic E-state index is 2.35. The molecule has 0 nitrogen and oxygen atoms in total. The number of hydrogen-bond donors (Lipinski definition) is 0. The van der Waals surface area contributed by atoms with Crippen molar-refractivity contribution < 1.29 is 0 Å². The van der Waals surface area contributed by atoms with Crippen molar-refractivity contribution in [2.75, 3.05) is 0 Å². The van der Waals surface area contributed by atoms with Crippen molar-refractivity contribution in [2.45, 2.75) is 67.2 Å². The van der Waals surface area contributed by atoms with Gasteiger partial charge in [0, 0.05) is 0 Å². The fourth-order valence-electron chi connectivity index (χ4n) is 2.05. The molecule has 0 saturated heterocycles. The Morgan fingerprint density at radius 3 is 2.17 bits per heavy atom. The lowest BCUT2D eigenvalue weighted by Gasteiger charge is -2.20. The summed E-state index contributed by atoms with van der Waals surface area (Å²) in [5.74, 6) is 2.30. The Bertz CT molecular complexity index is 287. The molecule has 0 aromatic heterocycles. The first-order chi connectivity index (χ1) is 8.51. The van der Waals surface area contributed by atoms with Gasteiger partial charge in [0.1, 0.15) is 0 Å². The van der Waals surface area contributed by atoms with Gasteiger partial charge in [-0.2, -0.15) is 0 Å². The molecule has 0 N–H and O–H groups in total. The highest BCUT2D eigenvalue weighted by molar-refractivity contribution is 5.08. The first-order valence-corrected chi connectivity index (χ1v) is 7.23. The number of rotatable bonds is 8. The fraction of sp³-hybridized carbons (Fsp3) is 0.611. The SMILES string of the molecule is CC=CC(C)[C](CCC=C(C)C)CCC(C)=CC. The molecule has 0 amide bonds. The van der Waals surface area contributed by atoms with E-state index in [9.17, 15) is 0 Å². The van der Waals surface area contributed by atoms with Gasteiger partial charge in [-0.05, 0) is 72.1 Å². The highest BCUT2D eigenvalue weighted by Crippen LogP contribution is 2.28. The third-order valence-electron chi connectivity index (χ3n) is 3.48. The van der Waals surface area contributed by atoms with Gasteiger partial charge in [0.2, 0.25) is 0 Å². The minimum atomic E-state index is 0.616. The standard InChI is InChI=1S/C18H31/c1-7-10-17(6)18(12-9-11-15(3)4)14-13-16(5)8-2/h7-8,10-11,17H,9,12-14H2,1-6H3. The molecule has 0 spiro atoms. The Hall–Kier alpha value is -0.780. The van der Waals surface area contributed by atoms with Gasteiger partial charge in [-0.15, -0.1) is 0 Å². The molecule has 0 aliphatic heterocycles. The van der Waals surface area contributed by atoms with Crippen molar-refractivity contribution in [3.63, 3.8) is 0 Å². The van der Waals surface area contributed by atoms with Crippen LogP contribution in [0.25, 0.3) is 0 Å². The molecule has 1 radical (unpaired) electrons. The van der Waals surface area contributed by atoms with Gasteiger partial charge in [0.25, 0.3) is 0 Å². The van der Waals surface area contributed by atoms with E-state index in [1.807, 2.05) is 0 Å². The molecule has 0 aromatic carbocycles. The van der Waals surface area contributed by atoms with E-state index in [2.05, 4.69) is 65.8 Å². The number of allylic oxidation sites excluding steroid dienone is 6. The molecule has 0 heterocycles. The normalized spacial score (nSPS) is 14.3. The summed E-state index contributed by atoms with van der Waals surface area (Å²) in [6.07, 6.45) is 13.9. The minimum Gasteiger partial charge on any atom is -0.0914 e. The fourth-order valence-corrected chi connectivity index (χ4v) is 2.05. The molecule has 0 aliphatic rings. The third-order valence-corrected chi connectivity index (χ3v) is 3.48. The molecule has 0 aromatic rings. The third kappa shape index (κ3) is 8.33. The van der Waals surface area contributed by atoms with Crippen LogP contribution in [0, 0.1) is 11.8 Å². The van der Waals surface area contributed by atoms with Crippen LogP contribution in [0.5, 0.6) is 0 Å². The van der Waals surface area contributed by atoms with Crippen molar-refractivity contribution in [1.82, 2.24) is 0 Å². The predicted molar refractivity (Wildman–Crippen MR) is 84.6 cm³/mol. The quantitative estimate of drug-likeness (QED) is 0.444. The summed E-state index contributed by atoms with van der Waals surface area (Å²) in [6, 6.07) is 0. The molecule has 0 fully saturated rings. The molecule has 0 rings (SSSR count). The summed E-state index contributed by atoms with van der Waals surface area (Å²) in [5, 5.41) is 0. The van der Waals surface area contributed by atoms with E-state index in [-0.39, 0.29) is 0 Å². The first kappa shape index (κ1) is 17.2. The highest BCUT2D eigenvalue weighted by Gasteiger charge is 2.14. The van der Waals surface area contributed by atoms with E-state index in [0.717, 1.165) is 0 Å². The van der Waals surface area contributed by atoms with Crippen LogP contribution < -0.4 is 0 Å². The Labute approximate surface area is 115 Å². The van der Waals surface area contributed by atoms with Gasteiger partial charge in [-0.1, -0.05) is 42.4 Å². The lowest BCUT2D eigenvalue weighted by Crippen LogP contribution is -2.07. The van der Waals surface area contributed by atoms with Crippen molar-refractivity contribution in [3.05, 3.63) is 41.4 Å². The lowest BCUT2D eigenvalue weighted by molar-refractivity contribution is 0.590. The average molecular weight is 247 g/mol. The lowest BCUT2D eigenvalue weighted by atomic mass is 9.84. The Morgan fingerprint density at radius 2 is 1.67 bits per heavy atom. The maximum atomic E-state index is 2.35. The van der Waals surface area contributed by atoms with E-state index in [1.165, 1.54) is 36.8 Å². The molecule has 0 bridgehead atoms. The van der Waals surface area contributed by atoms with Crippen molar-refractivity contribution in [3.8, 4) is 0 Å². The van der Waals surface area contributed by atoms with Crippen LogP contribution in [-0.4, -0.2) is 0 Å². The van der Waals surface area contributed by atoms with Gasteiger partial charge in [-0.3, -0.25) is 0 Å². The zero-order valence-corrected chi connectivity index (χ0v) is 13.2.